The molecule has 38 heavy (non-hydrogen) atoms. The molecule has 5 rings (SSSR count). The second-order valence-corrected chi connectivity index (χ2v) is 9.97. The third-order valence-corrected chi connectivity index (χ3v) is 7.30. The van der Waals surface area contributed by atoms with Gasteiger partial charge in [0.05, 0.1) is 16.8 Å². The zero-order valence-electron chi connectivity index (χ0n) is 21.0. The molecule has 0 aliphatic heterocycles. The first-order chi connectivity index (χ1) is 18.3. The molecular formula is C31H30F3N3O. The lowest BCUT2D eigenvalue weighted by Crippen LogP contribution is -2.54. The van der Waals surface area contributed by atoms with Crippen LogP contribution in [0, 0.1) is 0 Å². The number of fused-ring (bicyclic) bond motifs is 1. The van der Waals surface area contributed by atoms with Gasteiger partial charge in [0, 0.05) is 17.8 Å². The van der Waals surface area contributed by atoms with E-state index in [0.29, 0.717) is 16.8 Å². The molecule has 1 saturated carbocycles. The van der Waals surface area contributed by atoms with Crippen molar-refractivity contribution in [1.29, 1.82) is 0 Å². The van der Waals surface area contributed by atoms with Gasteiger partial charge in [-0.3, -0.25) is 0 Å². The third-order valence-electron chi connectivity index (χ3n) is 7.30. The number of urea groups is 1. The first-order valence-electron chi connectivity index (χ1n) is 13.0. The van der Waals surface area contributed by atoms with Crippen molar-refractivity contribution in [3.63, 3.8) is 0 Å². The molecule has 1 aliphatic carbocycles. The highest BCUT2D eigenvalue weighted by Crippen LogP contribution is 2.37. The van der Waals surface area contributed by atoms with Crippen LogP contribution in [0.25, 0.3) is 10.9 Å². The maximum atomic E-state index is 13.8. The largest absolute Gasteiger partial charge is 0.416 e. The number of nitrogens with one attached hydrogen (secondary N) is 2. The molecule has 1 aliphatic rings. The number of carbonyl (C=O) groups is 1. The molecule has 1 aromatic heterocycles. The van der Waals surface area contributed by atoms with Crippen molar-refractivity contribution in [2.45, 2.75) is 56.3 Å². The number of halogens is 3. The SMILES string of the molecule is O=C(NC1CCCCC1)NC(Cc1ccccc1)(c1cccc(C(F)(F)F)c1)c1ccc2ccccc2n1. The summed E-state index contributed by atoms with van der Waals surface area (Å²) in [5, 5.41) is 7.11. The minimum Gasteiger partial charge on any atom is -0.335 e. The minimum absolute atomic E-state index is 0.0317. The van der Waals surface area contributed by atoms with E-state index in [2.05, 4.69) is 10.6 Å². The summed E-state index contributed by atoms with van der Waals surface area (Å²) in [5.41, 5.74) is 0.214. The number of nitrogens with zero attached hydrogens (tertiary/aromatic N) is 1. The second kappa shape index (κ2) is 10.9. The Hall–Kier alpha value is -3.87. The molecule has 3 aromatic carbocycles. The molecule has 2 N–H and O–H groups in total. The van der Waals surface area contributed by atoms with Crippen molar-refractivity contribution in [2.24, 2.45) is 0 Å². The number of aromatic nitrogens is 1. The predicted octanol–water partition coefficient (Wildman–Crippen LogP) is 7.37. The van der Waals surface area contributed by atoms with Crippen molar-refractivity contribution in [2.75, 3.05) is 0 Å². The summed E-state index contributed by atoms with van der Waals surface area (Å²) in [5.74, 6) is 0. The Morgan fingerprint density at radius 2 is 1.53 bits per heavy atom. The highest BCUT2D eigenvalue weighted by Gasteiger charge is 2.40. The third kappa shape index (κ3) is 5.67. The number of hydrogen-bond donors (Lipinski definition) is 2. The lowest BCUT2D eigenvalue weighted by Gasteiger charge is -2.37. The van der Waals surface area contributed by atoms with Crippen LogP contribution in [0.4, 0.5) is 18.0 Å². The number of rotatable bonds is 6. The van der Waals surface area contributed by atoms with Crippen LogP contribution in [0.15, 0.2) is 91.0 Å². The van der Waals surface area contributed by atoms with Crippen LogP contribution in [-0.2, 0) is 18.1 Å². The van der Waals surface area contributed by atoms with E-state index in [1.54, 1.807) is 12.1 Å². The average molecular weight is 518 g/mol. The first-order valence-corrected chi connectivity index (χ1v) is 13.0. The van der Waals surface area contributed by atoms with Gasteiger partial charge in [-0.05, 0) is 48.2 Å². The Kier molecular flexibility index (Phi) is 7.36. The molecular weight excluding hydrogens is 487 g/mol. The Labute approximate surface area is 220 Å². The quantitative estimate of drug-likeness (QED) is 0.281. The van der Waals surface area contributed by atoms with E-state index in [-0.39, 0.29) is 12.5 Å². The van der Waals surface area contributed by atoms with E-state index in [1.807, 2.05) is 60.7 Å². The van der Waals surface area contributed by atoms with Crippen LogP contribution in [0.3, 0.4) is 0 Å². The smallest absolute Gasteiger partial charge is 0.335 e. The Bertz CT molecular complexity index is 1400. The van der Waals surface area contributed by atoms with Crippen LogP contribution in [0.1, 0.15) is 54.5 Å². The highest BCUT2D eigenvalue weighted by atomic mass is 19.4. The van der Waals surface area contributed by atoms with Gasteiger partial charge in [-0.25, -0.2) is 9.78 Å². The zero-order valence-corrected chi connectivity index (χ0v) is 21.0. The average Bonchev–Trinajstić information content (AvgIpc) is 2.93. The number of alkyl halides is 3. The van der Waals surface area contributed by atoms with E-state index < -0.39 is 23.3 Å². The molecule has 196 valence electrons. The Morgan fingerprint density at radius 3 is 2.29 bits per heavy atom. The van der Waals surface area contributed by atoms with E-state index >= 15 is 0 Å². The predicted molar refractivity (Wildman–Crippen MR) is 143 cm³/mol. The molecule has 0 radical (unpaired) electrons. The summed E-state index contributed by atoms with van der Waals surface area (Å²) in [6.07, 6.45) is 0.685. The van der Waals surface area contributed by atoms with Gasteiger partial charge in [0.2, 0.25) is 0 Å². The highest BCUT2D eigenvalue weighted by molar-refractivity contribution is 5.80. The molecule has 1 fully saturated rings. The van der Waals surface area contributed by atoms with Crippen LogP contribution in [0.5, 0.6) is 0 Å². The minimum atomic E-state index is -4.53. The number of benzene rings is 3. The van der Waals surface area contributed by atoms with Crippen LogP contribution in [0.2, 0.25) is 0 Å². The lowest BCUT2D eigenvalue weighted by atomic mass is 9.79. The molecule has 7 heteroatoms. The summed E-state index contributed by atoms with van der Waals surface area (Å²) in [6.45, 7) is 0. The van der Waals surface area contributed by atoms with Gasteiger partial charge in [0.1, 0.15) is 5.54 Å². The van der Waals surface area contributed by atoms with Gasteiger partial charge in [-0.2, -0.15) is 13.2 Å². The van der Waals surface area contributed by atoms with Gasteiger partial charge >= 0.3 is 12.2 Å². The lowest BCUT2D eigenvalue weighted by molar-refractivity contribution is -0.137. The summed E-state index contributed by atoms with van der Waals surface area (Å²) in [7, 11) is 0. The Morgan fingerprint density at radius 1 is 0.816 bits per heavy atom. The number of pyridine rings is 1. The van der Waals surface area contributed by atoms with Crippen LogP contribution < -0.4 is 10.6 Å². The number of para-hydroxylation sites is 1. The summed E-state index contributed by atoms with van der Waals surface area (Å²) >= 11 is 0. The van der Waals surface area contributed by atoms with Crippen molar-refractivity contribution in [1.82, 2.24) is 15.6 Å². The van der Waals surface area contributed by atoms with E-state index in [9.17, 15) is 18.0 Å². The van der Waals surface area contributed by atoms with Gasteiger partial charge < -0.3 is 10.6 Å². The number of amides is 2. The molecule has 4 aromatic rings. The first kappa shape index (κ1) is 25.8. The van der Waals surface area contributed by atoms with Gasteiger partial charge in [-0.1, -0.05) is 86.0 Å². The molecule has 0 saturated heterocycles. The fraction of sp³-hybridized carbons (Fsp3) is 0.290. The zero-order chi connectivity index (χ0) is 26.6. The van der Waals surface area contributed by atoms with Gasteiger partial charge in [-0.15, -0.1) is 0 Å². The van der Waals surface area contributed by atoms with Gasteiger partial charge in [0.25, 0.3) is 0 Å². The van der Waals surface area contributed by atoms with Crippen molar-refractivity contribution in [3.8, 4) is 0 Å². The normalized spacial score (nSPS) is 16.1. The van der Waals surface area contributed by atoms with Crippen molar-refractivity contribution < 1.29 is 18.0 Å². The maximum Gasteiger partial charge on any atom is 0.416 e. The van der Waals surface area contributed by atoms with Crippen molar-refractivity contribution >= 4 is 16.9 Å². The van der Waals surface area contributed by atoms with E-state index in [1.165, 1.54) is 6.07 Å². The second-order valence-electron chi connectivity index (χ2n) is 9.97. The molecule has 0 spiro atoms. The topological polar surface area (TPSA) is 54.0 Å². The molecule has 1 unspecified atom stereocenters. The molecule has 0 bridgehead atoms. The van der Waals surface area contributed by atoms with Crippen molar-refractivity contribution in [3.05, 3.63) is 113 Å². The number of hydrogen-bond acceptors (Lipinski definition) is 2. The van der Waals surface area contributed by atoms with Gasteiger partial charge in [0.15, 0.2) is 0 Å². The fourth-order valence-corrected chi connectivity index (χ4v) is 5.35. The molecule has 1 atom stereocenters. The summed E-state index contributed by atoms with van der Waals surface area (Å²) in [6, 6.07) is 25.5. The van der Waals surface area contributed by atoms with E-state index in [0.717, 1.165) is 55.2 Å². The summed E-state index contributed by atoms with van der Waals surface area (Å²) in [4.78, 5) is 18.4. The fourth-order valence-electron chi connectivity index (χ4n) is 5.35. The molecule has 1 heterocycles. The van der Waals surface area contributed by atoms with Crippen LogP contribution >= 0.6 is 0 Å². The standard InChI is InChI=1S/C31H30F3N3O/c32-31(33,34)25-14-9-13-24(20-25)30(21-22-10-3-1-4-11-22,37-29(38)35-26-15-5-2-6-16-26)28-19-18-23-12-7-8-17-27(23)36-28/h1,3-4,7-14,17-20,26H,2,5-6,15-16,21H2,(H2,35,37,38). The Balaban J connectivity index is 1.67. The monoisotopic (exact) mass is 517 g/mol. The molecule has 2 amide bonds. The molecule has 4 nitrogen and oxygen atoms in total. The summed E-state index contributed by atoms with van der Waals surface area (Å²) < 4.78 is 41.5. The van der Waals surface area contributed by atoms with Crippen LogP contribution in [-0.4, -0.2) is 17.1 Å². The number of carbonyl (C=O) groups excluding carboxylic acids is 1. The maximum absolute atomic E-state index is 13.8. The van der Waals surface area contributed by atoms with E-state index in [4.69, 9.17) is 4.98 Å².